The van der Waals surface area contributed by atoms with E-state index in [-0.39, 0.29) is 0 Å². The number of nitro benzene ring substituents is 1. The van der Waals surface area contributed by atoms with Crippen molar-refractivity contribution in [3.8, 4) is 0 Å². The SMILES string of the molecule is O=C(O)Nc1ccc([N+](=O)[O-])c(C(F)(F)F)c1. The predicted molar refractivity (Wildman–Crippen MR) is 49.7 cm³/mol. The molecule has 2 N–H and O–H groups in total. The number of nitrogens with one attached hydrogen (secondary N) is 1. The van der Waals surface area contributed by atoms with Crippen LogP contribution in [0.1, 0.15) is 5.56 Å². The fraction of sp³-hybridized carbons (Fsp3) is 0.125. The molecule has 92 valence electrons. The number of amides is 1. The topological polar surface area (TPSA) is 92.5 Å². The van der Waals surface area contributed by atoms with Gasteiger partial charge in [-0.1, -0.05) is 0 Å². The summed E-state index contributed by atoms with van der Waals surface area (Å²) in [7, 11) is 0. The van der Waals surface area contributed by atoms with Crippen LogP contribution < -0.4 is 5.32 Å². The number of hydrogen-bond donors (Lipinski definition) is 2. The van der Waals surface area contributed by atoms with E-state index in [9.17, 15) is 28.1 Å². The Balaban J connectivity index is 3.29. The minimum atomic E-state index is -4.93. The molecule has 0 aliphatic heterocycles. The maximum absolute atomic E-state index is 12.4. The molecule has 0 fully saturated rings. The Morgan fingerprint density at radius 1 is 1.41 bits per heavy atom. The number of benzene rings is 1. The van der Waals surface area contributed by atoms with Gasteiger partial charge in [-0.2, -0.15) is 13.2 Å². The molecule has 0 radical (unpaired) electrons. The van der Waals surface area contributed by atoms with E-state index < -0.39 is 34.1 Å². The number of halogens is 3. The van der Waals surface area contributed by atoms with E-state index >= 15 is 0 Å². The zero-order valence-electron chi connectivity index (χ0n) is 7.99. The second-order valence-corrected chi connectivity index (χ2v) is 2.92. The lowest BCUT2D eigenvalue weighted by atomic mass is 10.1. The Morgan fingerprint density at radius 3 is 2.41 bits per heavy atom. The van der Waals surface area contributed by atoms with Gasteiger partial charge in [0.2, 0.25) is 0 Å². The molecule has 0 bridgehead atoms. The maximum atomic E-state index is 12.4. The van der Waals surface area contributed by atoms with Crippen molar-refractivity contribution in [1.82, 2.24) is 0 Å². The fourth-order valence-electron chi connectivity index (χ4n) is 1.12. The number of nitrogens with zero attached hydrogens (tertiary/aromatic N) is 1. The fourth-order valence-corrected chi connectivity index (χ4v) is 1.12. The van der Waals surface area contributed by atoms with Crippen molar-refractivity contribution in [2.24, 2.45) is 0 Å². The third-order valence-corrected chi connectivity index (χ3v) is 1.75. The summed E-state index contributed by atoms with van der Waals surface area (Å²) in [4.78, 5) is 19.4. The van der Waals surface area contributed by atoms with E-state index in [0.29, 0.717) is 12.1 Å². The molecule has 0 saturated heterocycles. The summed E-state index contributed by atoms with van der Waals surface area (Å²) in [5, 5.41) is 20.4. The Kier molecular flexibility index (Phi) is 3.21. The number of carbonyl (C=O) groups is 1. The molecule has 0 aliphatic rings. The van der Waals surface area contributed by atoms with Gasteiger partial charge in [-0.05, 0) is 12.1 Å². The smallest absolute Gasteiger partial charge is 0.423 e. The van der Waals surface area contributed by atoms with Gasteiger partial charge >= 0.3 is 12.3 Å². The van der Waals surface area contributed by atoms with Crippen molar-refractivity contribution < 1.29 is 28.0 Å². The molecule has 1 aromatic rings. The van der Waals surface area contributed by atoms with Crippen LogP contribution >= 0.6 is 0 Å². The van der Waals surface area contributed by atoms with Crippen LogP contribution in [-0.2, 0) is 6.18 Å². The van der Waals surface area contributed by atoms with E-state index in [4.69, 9.17) is 5.11 Å². The molecule has 17 heavy (non-hydrogen) atoms. The van der Waals surface area contributed by atoms with E-state index in [1.165, 1.54) is 0 Å². The molecule has 0 aliphatic carbocycles. The van der Waals surface area contributed by atoms with Crippen LogP contribution in [0.4, 0.5) is 29.3 Å². The lowest BCUT2D eigenvalue weighted by molar-refractivity contribution is -0.388. The van der Waals surface area contributed by atoms with Crippen molar-refractivity contribution in [3.63, 3.8) is 0 Å². The van der Waals surface area contributed by atoms with Gasteiger partial charge in [0.1, 0.15) is 5.56 Å². The van der Waals surface area contributed by atoms with Gasteiger partial charge < -0.3 is 5.11 Å². The van der Waals surface area contributed by atoms with Crippen LogP contribution in [0.5, 0.6) is 0 Å². The summed E-state index contributed by atoms with van der Waals surface area (Å²) >= 11 is 0. The minimum Gasteiger partial charge on any atom is -0.465 e. The molecule has 0 aromatic heterocycles. The Labute approximate surface area is 91.8 Å². The Bertz CT molecular complexity index is 472. The summed E-state index contributed by atoms with van der Waals surface area (Å²) in [6.45, 7) is 0. The van der Waals surface area contributed by atoms with Gasteiger partial charge in [0.25, 0.3) is 5.69 Å². The quantitative estimate of drug-likeness (QED) is 0.623. The number of rotatable bonds is 2. The number of hydrogen-bond acceptors (Lipinski definition) is 3. The molecule has 6 nitrogen and oxygen atoms in total. The first-order chi connectivity index (χ1) is 7.71. The van der Waals surface area contributed by atoms with Crippen LogP contribution in [0.15, 0.2) is 18.2 Å². The molecule has 1 rings (SSSR count). The third kappa shape index (κ3) is 3.06. The van der Waals surface area contributed by atoms with Crippen molar-refractivity contribution in [3.05, 3.63) is 33.9 Å². The summed E-state index contributed by atoms with van der Waals surface area (Å²) < 4.78 is 37.3. The highest BCUT2D eigenvalue weighted by Crippen LogP contribution is 2.37. The summed E-state index contributed by atoms with van der Waals surface area (Å²) in [6.07, 6.45) is -6.49. The second kappa shape index (κ2) is 4.28. The molecule has 0 saturated carbocycles. The number of alkyl halides is 3. The first-order valence-corrected chi connectivity index (χ1v) is 4.07. The van der Waals surface area contributed by atoms with E-state index in [1.807, 2.05) is 0 Å². The lowest BCUT2D eigenvalue weighted by Gasteiger charge is -2.09. The molecule has 0 atom stereocenters. The van der Waals surface area contributed by atoms with Crippen molar-refractivity contribution >= 4 is 17.5 Å². The number of nitro groups is 1. The van der Waals surface area contributed by atoms with Crippen LogP contribution in [0.25, 0.3) is 0 Å². The molecule has 1 amide bonds. The lowest BCUT2D eigenvalue weighted by Crippen LogP contribution is -2.12. The highest BCUT2D eigenvalue weighted by Gasteiger charge is 2.38. The monoisotopic (exact) mass is 250 g/mol. The average Bonchev–Trinajstić information content (AvgIpc) is 2.14. The van der Waals surface area contributed by atoms with Crippen LogP contribution in [0.3, 0.4) is 0 Å². The zero-order chi connectivity index (χ0) is 13.2. The number of anilines is 1. The zero-order valence-corrected chi connectivity index (χ0v) is 7.99. The molecule has 0 spiro atoms. The minimum absolute atomic E-state index is 0.367. The standard InChI is InChI=1S/C8H5F3N2O4/c9-8(10,11)5-3-4(12-7(14)15)1-2-6(5)13(16)17/h1-3,12H,(H,14,15). The van der Waals surface area contributed by atoms with Crippen molar-refractivity contribution in [2.75, 3.05) is 5.32 Å². The van der Waals surface area contributed by atoms with Gasteiger partial charge in [-0.25, -0.2) is 4.79 Å². The molecular formula is C8H5F3N2O4. The van der Waals surface area contributed by atoms with Gasteiger partial charge in [0, 0.05) is 11.8 Å². The van der Waals surface area contributed by atoms with Gasteiger partial charge in [-0.15, -0.1) is 0 Å². The van der Waals surface area contributed by atoms with Crippen molar-refractivity contribution in [2.45, 2.75) is 6.18 Å². The van der Waals surface area contributed by atoms with Gasteiger partial charge in [0.05, 0.1) is 4.92 Å². The van der Waals surface area contributed by atoms with Crippen molar-refractivity contribution in [1.29, 1.82) is 0 Å². The summed E-state index contributed by atoms with van der Waals surface area (Å²) in [5.74, 6) is 0. The maximum Gasteiger partial charge on any atom is 0.423 e. The Morgan fingerprint density at radius 2 is 2.00 bits per heavy atom. The molecule has 0 unspecified atom stereocenters. The first-order valence-electron chi connectivity index (χ1n) is 4.07. The molecule has 1 aromatic carbocycles. The van der Waals surface area contributed by atoms with Crippen LogP contribution in [-0.4, -0.2) is 16.1 Å². The third-order valence-electron chi connectivity index (χ3n) is 1.75. The highest BCUT2D eigenvalue weighted by molar-refractivity contribution is 5.83. The summed E-state index contributed by atoms with van der Waals surface area (Å²) in [5.41, 5.74) is -3.03. The molecular weight excluding hydrogens is 245 g/mol. The molecule has 0 heterocycles. The Hall–Kier alpha value is -2.32. The van der Waals surface area contributed by atoms with E-state index in [0.717, 1.165) is 6.07 Å². The van der Waals surface area contributed by atoms with Gasteiger partial charge in [-0.3, -0.25) is 15.4 Å². The molecule has 9 heteroatoms. The van der Waals surface area contributed by atoms with Crippen LogP contribution in [0.2, 0.25) is 0 Å². The first kappa shape index (κ1) is 12.7. The number of carboxylic acid groups (broad SMARTS) is 1. The van der Waals surface area contributed by atoms with Crippen LogP contribution in [0, 0.1) is 10.1 Å². The largest absolute Gasteiger partial charge is 0.465 e. The normalized spacial score (nSPS) is 11.0. The average molecular weight is 250 g/mol. The summed E-state index contributed by atoms with van der Waals surface area (Å²) in [6, 6.07) is 1.84. The van der Waals surface area contributed by atoms with E-state index in [2.05, 4.69) is 0 Å². The highest BCUT2D eigenvalue weighted by atomic mass is 19.4. The van der Waals surface area contributed by atoms with E-state index in [1.54, 1.807) is 5.32 Å². The second-order valence-electron chi connectivity index (χ2n) is 2.92. The van der Waals surface area contributed by atoms with Gasteiger partial charge in [0.15, 0.2) is 0 Å². The predicted octanol–water partition coefficient (Wildman–Crippen LogP) is 2.70.